The van der Waals surface area contributed by atoms with E-state index in [-0.39, 0.29) is 5.82 Å². The lowest BCUT2D eigenvalue weighted by Gasteiger charge is -2.14. The molecule has 2 heteroatoms. The summed E-state index contributed by atoms with van der Waals surface area (Å²) in [6.07, 6.45) is 8.52. The molecule has 0 aromatic heterocycles. The van der Waals surface area contributed by atoms with Gasteiger partial charge in [0.2, 0.25) is 0 Å². The Morgan fingerprint density at radius 2 is 2.00 bits per heavy atom. The largest absolute Gasteiger partial charge is 0.310 e. The molecule has 0 fully saturated rings. The zero-order chi connectivity index (χ0) is 14.4. The third-order valence-corrected chi connectivity index (χ3v) is 4.31. The van der Waals surface area contributed by atoms with Gasteiger partial charge in [0.05, 0.1) is 0 Å². The summed E-state index contributed by atoms with van der Waals surface area (Å²) in [6.45, 7) is 5.64. The van der Waals surface area contributed by atoms with Gasteiger partial charge in [-0.2, -0.15) is 0 Å². The normalized spacial score (nSPS) is 17.7. The fourth-order valence-electron chi connectivity index (χ4n) is 3.13. The first kappa shape index (κ1) is 15.5. The van der Waals surface area contributed by atoms with Crippen LogP contribution in [0.25, 0.3) is 0 Å². The number of hydrogen-bond acceptors (Lipinski definition) is 1. The lowest BCUT2D eigenvalue weighted by atomic mass is 10.0. The first-order valence-corrected chi connectivity index (χ1v) is 8.19. The molecule has 1 aromatic rings. The highest BCUT2D eigenvalue weighted by molar-refractivity contribution is 5.35. The lowest BCUT2D eigenvalue weighted by Crippen LogP contribution is -2.20. The average Bonchev–Trinajstić information content (AvgIpc) is 2.82. The van der Waals surface area contributed by atoms with E-state index in [0.29, 0.717) is 6.04 Å². The van der Waals surface area contributed by atoms with Gasteiger partial charge >= 0.3 is 0 Å². The molecule has 1 aromatic carbocycles. The van der Waals surface area contributed by atoms with Gasteiger partial charge in [-0.3, -0.25) is 0 Å². The Labute approximate surface area is 123 Å². The lowest BCUT2D eigenvalue weighted by molar-refractivity contribution is 0.485. The molecule has 1 aliphatic rings. The third-order valence-electron chi connectivity index (χ3n) is 4.31. The molecule has 0 amide bonds. The molecule has 1 nitrogen and oxygen atoms in total. The molecule has 0 radical (unpaired) electrons. The summed E-state index contributed by atoms with van der Waals surface area (Å²) in [7, 11) is 0. The van der Waals surface area contributed by atoms with Crippen LogP contribution in [0, 0.1) is 11.7 Å². The van der Waals surface area contributed by atoms with Crippen LogP contribution in [0.2, 0.25) is 0 Å². The molecule has 0 saturated heterocycles. The van der Waals surface area contributed by atoms with E-state index in [1.807, 2.05) is 6.07 Å². The Balaban J connectivity index is 1.64. The highest BCUT2D eigenvalue weighted by Gasteiger charge is 2.23. The average molecular weight is 277 g/mol. The Morgan fingerprint density at radius 1 is 1.20 bits per heavy atom. The van der Waals surface area contributed by atoms with Crippen LogP contribution in [0.15, 0.2) is 18.2 Å². The van der Waals surface area contributed by atoms with Gasteiger partial charge in [-0.15, -0.1) is 0 Å². The van der Waals surface area contributed by atoms with Crippen LogP contribution in [0.4, 0.5) is 4.39 Å². The fraction of sp³-hybridized carbons (Fsp3) is 0.667. The predicted octanol–water partition coefficient (Wildman–Crippen LogP) is 5.01. The molecule has 0 aliphatic heterocycles. The summed E-state index contributed by atoms with van der Waals surface area (Å²) in [6, 6.07) is 5.86. The molecular weight excluding hydrogens is 249 g/mol. The minimum atomic E-state index is -0.0273. The van der Waals surface area contributed by atoms with Crippen molar-refractivity contribution in [2.24, 2.45) is 5.92 Å². The SMILES string of the molecule is CC(C)CCCCCCNC1CCc2c(F)cccc21. The quantitative estimate of drug-likeness (QED) is 0.659. The second-order valence-electron chi connectivity index (χ2n) is 6.45. The van der Waals surface area contributed by atoms with Gasteiger partial charge in [-0.05, 0) is 48.9 Å². The van der Waals surface area contributed by atoms with Crippen molar-refractivity contribution in [2.45, 2.75) is 64.8 Å². The van der Waals surface area contributed by atoms with Crippen molar-refractivity contribution in [3.8, 4) is 0 Å². The van der Waals surface area contributed by atoms with E-state index in [0.717, 1.165) is 30.9 Å². The molecule has 0 spiro atoms. The van der Waals surface area contributed by atoms with E-state index >= 15 is 0 Å². The monoisotopic (exact) mass is 277 g/mol. The van der Waals surface area contributed by atoms with Crippen LogP contribution in [0.3, 0.4) is 0 Å². The van der Waals surface area contributed by atoms with Crippen molar-refractivity contribution in [2.75, 3.05) is 6.54 Å². The Kier molecular flexibility index (Phi) is 6.03. The van der Waals surface area contributed by atoms with Crippen molar-refractivity contribution in [3.63, 3.8) is 0 Å². The molecule has 112 valence electrons. The summed E-state index contributed by atoms with van der Waals surface area (Å²) in [5, 5.41) is 3.60. The molecule has 1 N–H and O–H groups in total. The van der Waals surface area contributed by atoms with Gasteiger partial charge in [0, 0.05) is 6.04 Å². The van der Waals surface area contributed by atoms with Crippen molar-refractivity contribution in [3.05, 3.63) is 35.1 Å². The van der Waals surface area contributed by atoms with E-state index in [9.17, 15) is 4.39 Å². The van der Waals surface area contributed by atoms with E-state index < -0.39 is 0 Å². The van der Waals surface area contributed by atoms with Crippen molar-refractivity contribution in [1.82, 2.24) is 5.32 Å². The fourth-order valence-corrected chi connectivity index (χ4v) is 3.13. The molecular formula is C18H28FN. The third kappa shape index (κ3) is 4.31. The zero-order valence-corrected chi connectivity index (χ0v) is 12.9. The van der Waals surface area contributed by atoms with Gasteiger partial charge in [0.15, 0.2) is 0 Å². The molecule has 1 unspecified atom stereocenters. The van der Waals surface area contributed by atoms with E-state index in [2.05, 4.69) is 25.2 Å². The van der Waals surface area contributed by atoms with Crippen molar-refractivity contribution in [1.29, 1.82) is 0 Å². The van der Waals surface area contributed by atoms with Crippen molar-refractivity contribution >= 4 is 0 Å². The van der Waals surface area contributed by atoms with Crippen LogP contribution in [0.1, 0.15) is 69.5 Å². The van der Waals surface area contributed by atoms with E-state index in [1.54, 1.807) is 6.07 Å². The summed E-state index contributed by atoms with van der Waals surface area (Å²) < 4.78 is 13.6. The van der Waals surface area contributed by atoms with Gasteiger partial charge in [-0.1, -0.05) is 51.7 Å². The van der Waals surface area contributed by atoms with Crippen LogP contribution >= 0.6 is 0 Å². The molecule has 0 bridgehead atoms. The first-order chi connectivity index (χ1) is 9.68. The Morgan fingerprint density at radius 3 is 2.80 bits per heavy atom. The Bertz CT molecular complexity index is 414. The van der Waals surface area contributed by atoms with E-state index in [4.69, 9.17) is 0 Å². The molecule has 1 atom stereocenters. The zero-order valence-electron chi connectivity index (χ0n) is 12.9. The molecule has 0 saturated carbocycles. The smallest absolute Gasteiger partial charge is 0.126 e. The minimum Gasteiger partial charge on any atom is -0.310 e. The summed E-state index contributed by atoms with van der Waals surface area (Å²) >= 11 is 0. The molecule has 1 aliphatic carbocycles. The number of unbranched alkanes of at least 4 members (excludes halogenated alkanes) is 3. The topological polar surface area (TPSA) is 12.0 Å². The molecule has 20 heavy (non-hydrogen) atoms. The minimum absolute atomic E-state index is 0.0273. The Hall–Kier alpha value is -0.890. The van der Waals surface area contributed by atoms with Crippen LogP contribution in [-0.4, -0.2) is 6.54 Å². The van der Waals surface area contributed by atoms with Crippen LogP contribution in [0.5, 0.6) is 0 Å². The summed E-state index contributed by atoms with van der Waals surface area (Å²) in [4.78, 5) is 0. The number of hydrogen-bond donors (Lipinski definition) is 1. The summed E-state index contributed by atoms with van der Waals surface area (Å²) in [5.41, 5.74) is 2.12. The van der Waals surface area contributed by atoms with E-state index in [1.165, 1.54) is 37.7 Å². The van der Waals surface area contributed by atoms with Gasteiger partial charge in [0.1, 0.15) is 5.82 Å². The van der Waals surface area contributed by atoms with Crippen LogP contribution < -0.4 is 5.32 Å². The molecule has 2 rings (SSSR count). The van der Waals surface area contributed by atoms with Gasteiger partial charge in [0.25, 0.3) is 0 Å². The predicted molar refractivity (Wildman–Crippen MR) is 83.4 cm³/mol. The number of fused-ring (bicyclic) bond motifs is 1. The standard InChI is InChI=1S/C18H28FN/c1-14(2)8-5-3-4-6-13-20-18-12-11-15-16(18)9-7-10-17(15)19/h7,9-10,14,18,20H,3-6,8,11-13H2,1-2H3. The first-order valence-electron chi connectivity index (χ1n) is 8.19. The summed E-state index contributed by atoms with van der Waals surface area (Å²) in [5.74, 6) is 0.804. The maximum atomic E-state index is 13.6. The second-order valence-corrected chi connectivity index (χ2v) is 6.45. The number of halogens is 1. The van der Waals surface area contributed by atoms with Crippen LogP contribution in [-0.2, 0) is 6.42 Å². The highest BCUT2D eigenvalue weighted by Crippen LogP contribution is 2.32. The van der Waals surface area contributed by atoms with Gasteiger partial charge < -0.3 is 5.32 Å². The van der Waals surface area contributed by atoms with Crippen molar-refractivity contribution < 1.29 is 4.39 Å². The van der Waals surface area contributed by atoms with Gasteiger partial charge in [-0.25, -0.2) is 4.39 Å². The number of nitrogens with one attached hydrogen (secondary N) is 1. The maximum absolute atomic E-state index is 13.6. The number of rotatable bonds is 8. The number of benzene rings is 1. The second kappa shape index (κ2) is 7.78. The highest BCUT2D eigenvalue weighted by atomic mass is 19.1. The molecule has 0 heterocycles. The maximum Gasteiger partial charge on any atom is 0.126 e.